The van der Waals surface area contributed by atoms with E-state index in [4.69, 9.17) is 0 Å². The lowest BCUT2D eigenvalue weighted by atomic mass is 10.2. The summed E-state index contributed by atoms with van der Waals surface area (Å²) < 4.78 is 21.2. The molecule has 0 spiro atoms. The van der Waals surface area contributed by atoms with Crippen LogP contribution in [-0.4, -0.2) is 9.13 Å². The van der Waals surface area contributed by atoms with Crippen LogP contribution in [0.25, 0.3) is 91.2 Å². The maximum absolute atomic E-state index is 3.79. The second kappa shape index (κ2) is 9.54. The second-order valence-electron chi connectivity index (χ2n) is 11.8. The van der Waals surface area contributed by atoms with Crippen LogP contribution < -0.4 is 0 Å². The van der Waals surface area contributed by atoms with Crippen LogP contribution in [0.1, 0.15) is 11.1 Å². The summed E-state index contributed by atoms with van der Waals surface area (Å²) in [5.74, 6) is 0. The molecular formula is C36H18Br2N2S6. The molecule has 0 aliphatic rings. The zero-order valence-electron chi connectivity index (χ0n) is 24.0. The van der Waals surface area contributed by atoms with E-state index in [-0.39, 0.29) is 0 Å². The number of halogens is 2. The molecule has 8 heterocycles. The van der Waals surface area contributed by atoms with Crippen LogP contribution in [0.4, 0.5) is 0 Å². The van der Waals surface area contributed by atoms with Gasteiger partial charge < -0.3 is 9.13 Å². The Bertz CT molecular complexity index is 2850. The van der Waals surface area contributed by atoms with Gasteiger partial charge >= 0.3 is 0 Å². The standard InChI is InChI=1S/C36H18Br2N2S6/c1-15-3-7-17(8-4-15)39-21-13-25(37)43-31(21)35-27(39)33-29(45-35)19-11-24-20(12-23(19)41-33)30-34(42-24)28-36(46-30)32-22(14-26(38)44-32)40(28)18-9-5-16(2)6-10-18/h3-14H,1-2H3. The summed E-state index contributed by atoms with van der Waals surface area (Å²) in [5.41, 5.74) is 10.3. The first-order valence-corrected chi connectivity index (χ1v) is 21.1. The molecule has 0 saturated heterocycles. The van der Waals surface area contributed by atoms with Crippen molar-refractivity contribution in [1.29, 1.82) is 0 Å². The van der Waals surface area contributed by atoms with E-state index in [9.17, 15) is 0 Å². The van der Waals surface area contributed by atoms with Crippen molar-refractivity contribution in [1.82, 2.24) is 9.13 Å². The lowest BCUT2D eigenvalue weighted by Crippen LogP contribution is -1.92. The first-order valence-electron chi connectivity index (χ1n) is 14.6. The lowest BCUT2D eigenvalue weighted by Gasteiger charge is -2.06. The number of thiophene rings is 6. The quantitative estimate of drug-likeness (QED) is 0.164. The maximum Gasteiger partial charge on any atom is 0.0837 e. The first kappa shape index (κ1) is 27.4. The molecule has 0 unspecified atom stereocenters. The molecule has 0 aliphatic carbocycles. The smallest absolute Gasteiger partial charge is 0.0837 e. The topological polar surface area (TPSA) is 9.86 Å². The minimum Gasteiger partial charge on any atom is -0.306 e. The Kier molecular flexibility index (Phi) is 5.69. The van der Waals surface area contributed by atoms with Crippen molar-refractivity contribution in [3.63, 3.8) is 0 Å². The summed E-state index contributed by atoms with van der Waals surface area (Å²) in [6, 6.07) is 27.5. The molecule has 11 rings (SSSR count). The molecule has 46 heavy (non-hydrogen) atoms. The summed E-state index contributed by atoms with van der Waals surface area (Å²) in [6.07, 6.45) is 0. The normalized spacial score (nSPS) is 12.8. The summed E-state index contributed by atoms with van der Waals surface area (Å²) in [7, 11) is 0. The highest BCUT2D eigenvalue weighted by Crippen LogP contribution is 2.55. The monoisotopic (exact) mass is 828 g/mol. The van der Waals surface area contributed by atoms with Gasteiger partial charge in [-0.1, -0.05) is 35.4 Å². The summed E-state index contributed by atoms with van der Waals surface area (Å²) in [5, 5.41) is 2.77. The van der Waals surface area contributed by atoms with Crippen LogP contribution in [0.5, 0.6) is 0 Å². The Morgan fingerprint density at radius 3 is 1.24 bits per heavy atom. The molecule has 0 N–H and O–H groups in total. The van der Waals surface area contributed by atoms with Gasteiger partial charge in [0.15, 0.2) is 0 Å². The molecule has 0 saturated carbocycles. The average molecular weight is 831 g/mol. The van der Waals surface area contributed by atoms with E-state index in [0.29, 0.717) is 0 Å². The highest BCUT2D eigenvalue weighted by molar-refractivity contribution is 9.11. The van der Waals surface area contributed by atoms with Crippen LogP contribution >= 0.6 is 99.9 Å². The van der Waals surface area contributed by atoms with Crippen molar-refractivity contribution >= 4 is 180 Å². The van der Waals surface area contributed by atoms with Gasteiger partial charge in [0, 0.05) is 31.5 Å². The van der Waals surface area contributed by atoms with Crippen molar-refractivity contribution in [3.05, 3.63) is 91.5 Å². The Morgan fingerprint density at radius 2 is 0.826 bits per heavy atom. The predicted molar refractivity (Wildman–Crippen MR) is 217 cm³/mol. The molecule has 3 aromatic carbocycles. The van der Waals surface area contributed by atoms with Crippen LogP contribution in [0.2, 0.25) is 0 Å². The Morgan fingerprint density at radius 1 is 0.435 bits per heavy atom. The fourth-order valence-corrected chi connectivity index (χ4v) is 15.8. The van der Waals surface area contributed by atoms with Gasteiger partial charge in [0.25, 0.3) is 0 Å². The van der Waals surface area contributed by atoms with E-state index in [2.05, 4.69) is 128 Å². The van der Waals surface area contributed by atoms with Crippen molar-refractivity contribution in [2.24, 2.45) is 0 Å². The SMILES string of the molecule is Cc1ccc(-n2c3cc(Br)sc3c3sc4c5cc6sc7c(sc8c9sc(Br)cc9n(-c9ccc(C)cc9)c78)c6cc5sc4c32)cc1. The zero-order valence-corrected chi connectivity index (χ0v) is 32.1. The van der Waals surface area contributed by atoms with E-state index < -0.39 is 0 Å². The van der Waals surface area contributed by atoms with Crippen molar-refractivity contribution in [2.45, 2.75) is 13.8 Å². The van der Waals surface area contributed by atoms with Gasteiger partial charge in [0.2, 0.25) is 0 Å². The predicted octanol–water partition coefficient (Wildman–Crippen LogP) is 15.0. The van der Waals surface area contributed by atoms with Crippen molar-refractivity contribution < 1.29 is 0 Å². The van der Waals surface area contributed by atoms with E-state index >= 15 is 0 Å². The average Bonchev–Trinajstić information content (AvgIpc) is 3.89. The summed E-state index contributed by atoms with van der Waals surface area (Å²) in [4.78, 5) is 0. The summed E-state index contributed by atoms with van der Waals surface area (Å²) >= 11 is 19.1. The third-order valence-corrected chi connectivity index (χ3v) is 17.6. The maximum atomic E-state index is 3.79. The Balaban J connectivity index is 1.21. The molecule has 0 atom stereocenters. The van der Waals surface area contributed by atoms with E-state index in [1.807, 2.05) is 68.0 Å². The first-order chi connectivity index (χ1) is 22.4. The lowest BCUT2D eigenvalue weighted by molar-refractivity contribution is 1.18. The minimum absolute atomic E-state index is 1.18. The van der Waals surface area contributed by atoms with Crippen molar-refractivity contribution in [2.75, 3.05) is 0 Å². The van der Waals surface area contributed by atoms with Gasteiger partial charge in [0.1, 0.15) is 0 Å². The summed E-state index contributed by atoms with van der Waals surface area (Å²) in [6.45, 7) is 4.31. The highest BCUT2D eigenvalue weighted by Gasteiger charge is 2.26. The third kappa shape index (κ3) is 3.59. The molecule has 222 valence electrons. The van der Waals surface area contributed by atoms with Crippen LogP contribution in [0, 0.1) is 13.8 Å². The highest BCUT2D eigenvalue weighted by atomic mass is 79.9. The zero-order chi connectivity index (χ0) is 30.6. The Labute approximate surface area is 302 Å². The fourth-order valence-electron chi connectivity index (χ4n) is 6.90. The fraction of sp³-hybridized carbons (Fsp3) is 0.0556. The molecular weight excluding hydrogens is 813 g/mol. The number of benzene rings is 3. The van der Waals surface area contributed by atoms with Crippen LogP contribution in [0.15, 0.2) is 80.4 Å². The van der Waals surface area contributed by atoms with Gasteiger partial charge in [-0.05, 0) is 94.2 Å². The largest absolute Gasteiger partial charge is 0.306 e. The number of nitrogens with zero attached hydrogens (tertiary/aromatic N) is 2. The molecule has 0 aliphatic heterocycles. The van der Waals surface area contributed by atoms with Crippen LogP contribution in [0.3, 0.4) is 0 Å². The second-order valence-corrected chi connectivity index (χ2v) is 20.8. The van der Waals surface area contributed by atoms with Gasteiger partial charge in [-0.25, -0.2) is 0 Å². The van der Waals surface area contributed by atoms with Gasteiger partial charge in [-0.2, -0.15) is 0 Å². The molecule has 0 radical (unpaired) electrons. The van der Waals surface area contributed by atoms with Crippen molar-refractivity contribution in [3.8, 4) is 11.4 Å². The van der Waals surface area contributed by atoms with Crippen LogP contribution in [-0.2, 0) is 0 Å². The molecule has 0 amide bonds. The number of hydrogen-bond acceptors (Lipinski definition) is 6. The molecule has 2 nitrogen and oxygen atoms in total. The number of hydrogen-bond donors (Lipinski definition) is 0. The number of fused-ring (bicyclic) bond motifs is 14. The van der Waals surface area contributed by atoms with Gasteiger partial charge in [-0.3, -0.25) is 0 Å². The number of rotatable bonds is 2. The van der Waals surface area contributed by atoms with E-state index in [1.54, 1.807) is 0 Å². The molecule has 11 aromatic rings. The Hall–Kier alpha value is -2.54. The van der Waals surface area contributed by atoms with E-state index in [1.165, 1.54) is 110 Å². The number of aromatic nitrogens is 2. The van der Waals surface area contributed by atoms with E-state index in [0.717, 1.165) is 0 Å². The third-order valence-electron chi connectivity index (χ3n) is 8.97. The number of aryl methyl sites for hydroxylation is 2. The van der Waals surface area contributed by atoms with Gasteiger partial charge in [0.05, 0.1) is 67.2 Å². The minimum atomic E-state index is 1.18. The molecule has 0 bridgehead atoms. The van der Waals surface area contributed by atoms with Gasteiger partial charge in [-0.15, -0.1) is 68.0 Å². The molecule has 10 heteroatoms. The molecule has 0 fully saturated rings. The molecule has 8 aromatic heterocycles.